The molecule has 9 nitrogen and oxygen atoms in total. The van der Waals surface area contributed by atoms with Crippen molar-refractivity contribution < 1.29 is 22.7 Å². The van der Waals surface area contributed by atoms with Crippen molar-refractivity contribution in [1.82, 2.24) is 19.4 Å². The Hall–Kier alpha value is -1.58. The number of halogens is 1. The number of H-pyrrole nitrogens is 1. The smallest absolute Gasteiger partial charge is 0.378 e. The van der Waals surface area contributed by atoms with Crippen LogP contribution in [-0.2, 0) is 24.9 Å². The zero-order valence-electron chi connectivity index (χ0n) is 18.9. The predicted octanol–water partition coefficient (Wildman–Crippen LogP) is 3.79. The summed E-state index contributed by atoms with van der Waals surface area (Å²) in [4.78, 5) is 17.5. The number of rotatable bonds is 12. The van der Waals surface area contributed by atoms with Crippen molar-refractivity contribution in [2.45, 2.75) is 58.5 Å². The first-order valence-electron chi connectivity index (χ1n) is 11.4. The molecule has 1 aliphatic heterocycles. The Bertz CT molecular complexity index is 885. The third-order valence-corrected chi connectivity index (χ3v) is 7.35. The van der Waals surface area contributed by atoms with Gasteiger partial charge in [-0.1, -0.05) is 32.8 Å². The highest BCUT2D eigenvalue weighted by Gasteiger charge is 2.34. The molecule has 180 valence electrons. The molecule has 11 heteroatoms. The highest BCUT2D eigenvalue weighted by atomic mass is 31.2. The van der Waals surface area contributed by atoms with Crippen LogP contribution in [0.4, 0.5) is 4.39 Å². The summed E-state index contributed by atoms with van der Waals surface area (Å²) >= 11 is 0. The van der Waals surface area contributed by atoms with Gasteiger partial charge in [0, 0.05) is 12.6 Å². The zero-order valence-corrected chi connectivity index (χ0v) is 19.8. The van der Waals surface area contributed by atoms with E-state index in [9.17, 15) is 13.8 Å². The van der Waals surface area contributed by atoms with Gasteiger partial charge in [-0.2, -0.15) is 0 Å². The summed E-state index contributed by atoms with van der Waals surface area (Å²) in [7, 11) is -3.89. The molecule has 2 aliphatic rings. The van der Waals surface area contributed by atoms with E-state index in [1.165, 1.54) is 6.08 Å². The molecule has 1 N–H and O–H groups in total. The maximum absolute atomic E-state index is 13.4. The number of nitrogens with zero attached hydrogens (tertiary/aromatic N) is 3. The van der Waals surface area contributed by atoms with E-state index in [0.717, 1.165) is 17.3 Å². The van der Waals surface area contributed by atoms with Gasteiger partial charge < -0.3 is 4.74 Å². The second-order valence-corrected chi connectivity index (χ2v) is 9.90. The first kappa shape index (κ1) is 25.1. The Labute approximate surface area is 188 Å². The fourth-order valence-electron chi connectivity index (χ4n) is 3.73. The van der Waals surface area contributed by atoms with Crippen molar-refractivity contribution in [3.05, 3.63) is 40.4 Å². The van der Waals surface area contributed by atoms with Crippen LogP contribution in [0.3, 0.4) is 0 Å². The van der Waals surface area contributed by atoms with E-state index < -0.39 is 13.4 Å². The van der Waals surface area contributed by atoms with Crippen molar-refractivity contribution in [3.8, 4) is 0 Å². The van der Waals surface area contributed by atoms with Crippen LogP contribution in [0.5, 0.6) is 0 Å². The number of hydrogen-bond acceptors (Lipinski definition) is 7. The standard InChI is InChI=1S/C21H34FN4O5P/c1-3-5-12-30-32(28,31-13-6-4-2)26-21(27)23-20(24-26)15-25-11-14-29-16-19(25)17-7-9-18(22)10-8-17/h7,9-10,17,19H,3-6,8,11-16H2,1-2H3,(H,23,24,27)/t17?,19-/m1/s1. The minimum Gasteiger partial charge on any atom is -0.378 e. The van der Waals surface area contributed by atoms with Gasteiger partial charge in [-0.05, 0) is 37.3 Å². The molecule has 0 spiro atoms. The van der Waals surface area contributed by atoms with Crippen LogP contribution >= 0.6 is 7.75 Å². The lowest BCUT2D eigenvalue weighted by atomic mass is 9.91. The van der Waals surface area contributed by atoms with Crippen molar-refractivity contribution >= 4 is 7.75 Å². The molecule has 1 aromatic heterocycles. The molecule has 0 saturated carbocycles. The van der Waals surface area contributed by atoms with Crippen molar-refractivity contribution in [1.29, 1.82) is 0 Å². The third kappa shape index (κ3) is 6.48. The number of aromatic nitrogens is 3. The first-order valence-corrected chi connectivity index (χ1v) is 12.9. The first-order chi connectivity index (χ1) is 15.5. The average molecular weight is 472 g/mol. The molecule has 2 atom stereocenters. The second kappa shape index (κ2) is 12.0. The highest BCUT2D eigenvalue weighted by Crippen LogP contribution is 2.48. The number of hydrogen-bond donors (Lipinski definition) is 1. The van der Waals surface area contributed by atoms with Crippen LogP contribution < -0.4 is 5.69 Å². The molecule has 1 aliphatic carbocycles. The van der Waals surface area contributed by atoms with Crippen LogP contribution in [0, 0.1) is 5.92 Å². The minimum absolute atomic E-state index is 0.0198. The summed E-state index contributed by atoms with van der Waals surface area (Å²) in [5.41, 5.74) is -0.622. The second-order valence-electron chi connectivity index (χ2n) is 8.07. The van der Waals surface area contributed by atoms with Crippen LogP contribution in [0.2, 0.25) is 0 Å². The Balaban J connectivity index is 1.75. The van der Waals surface area contributed by atoms with Crippen molar-refractivity contribution in [3.63, 3.8) is 0 Å². The van der Waals surface area contributed by atoms with Crippen LogP contribution in [0.25, 0.3) is 0 Å². The summed E-state index contributed by atoms with van der Waals surface area (Å²) in [5.74, 6) is 0.251. The van der Waals surface area contributed by atoms with Gasteiger partial charge in [0.05, 0.1) is 33.0 Å². The van der Waals surface area contributed by atoms with Gasteiger partial charge in [0.25, 0.3) is 0 Å². The van der Waals surface area contributed by atoms with Gasteiger partial charge in [-0.25, -0.2) is 13.8 Å². The molecule has 1 saturated heterocycles. The molecule has 1 unspecified atom stereocenters. The van der Waals surface area contributed by atoms with E-state index in [-0.39, 0.29) is 31.0 Å². The summed E-state index contributed by atoms with van der Waals surface area (Å²) < 4.78 is 44.3. The molecule has 0 amide bonds. The Morgan fingerprint density at radius 3 is 2.62 bits per heavy atom. The molecule has 1 aromatic rings. The molecule has 32 heavy (non-hydrogen) atoms. The molecular formula is C21H34FN4O5P. The summed E-state index contributed by atoms with van der Waals surface area (Å²) in [5, 5.41) is 4.29. The Morgan fingerprint density at radius 1 is 1.28 bits per heavy atom. The molecule has 3 rings (SSSR count). The van der Waals surface area contributed by atoms with Gasteiger partial charge in [0.2, 0.25) is 0 Å². The fourth-order valence-corrected chi connectivity index (χ4v) is 5.23. The molecule has 0 radical (unpaired) electrons. The lowest BCUT2D eigenvalue weighted by molar-refractivity contribution is -0.0277. The molecule has 2 heterocycles. The summed E-state index contributed by atoms with van der Waals surface area (Å²) in [6.07, 6.45) is 8.63. The Morgan fingerprint density at radius 2 is 2.00 bits per heavy atom. The number of ether oxygens (including phenoxy) is 1. The maximum atomic E-state index is 13.4. The summed E-state index contributed by atoms with van der Waals surface area (Å²) in [6.45, 7) is 6.49. The van der Waals surface area contributed by atoms with E-state index in [1.54, 1.807) is 6.08 Å². The minimum atomic E-state index is -3.89. The van der Waals surface area contributed by atoms with Gasteiger partial charge in [0.15, 0.2) is 0 Å². The predicted molar refractivity (Wildman–Crippen MR) is 119 cm³/mol. The van der Waals surface area contributed by atoms with Crippen LogP contribution in [-0.4, -0.2) is 58.4 Å². The molecular weight excluding hydrogens is 438 g/mol. The van der Waals surface area contributed by atoms with Crippen molar-refractivity contribution in [2.24, 2.45) is 5.92 Å². The van der Waals surface area contributed by atoms with Crippen molar-refractivity contribution in [2.75, 3.05) is 33.0 Å². The number of morpholine rings is 1. The largest absolute Gasteiger partial charge is 0.459 e. The van der Waals surface area contributed by atoms with Gasteiger partial charge in [0.1, 0.15) is 11.7 Å². The van der Waals surface area contributed by atoms with Gasteiger partial charge >= 0.3 is 13.4 Å². The molecule has 0 aromatic carbocycles. The monoisotopic (exact) mass is 472 g/mol. The lowest BCUT2D eigenvalue weighted by Crippen LogP contribution is -2.48. The normalized spacial score (nSPS) is 22.3. The maximum Gasteiger partial charge on any atom is 0.459 e. The van der Waals surface area contributed by atoms with Crippen LogP contribution in [0.1, 0.15) is 51.8 Å². The number of unbranched alkanes of at least 4 members (excludes halogenated alkanes) is 2. The number of nitrogens with one attached hydrogen (secondary N) is 1. The highest BCUT2D eigenvalue weighted by molar-refractivity contribution is 7.52. The zero-order chi connectivity index (χ0) is 23.0. The number of allylic oxidation sites excluding steroid dienone is 3. The van der Waals surface area contributed by atoms with E-state index in [2.05, 4.69) is 15.0 Å². The van der Waals surface area contributed by atoms with E-state index in [4.69, 9.17) is 13.8 Å². The topological polar surface area (TPSA) is 98.7 Å². The van der Waals surface area contributed by atoms with Crippen LogP contribution in [0.15, 0.2) is 28.8 Å². The van der Waals surface area contributed by atoms with E-state index in [1.807, 2.05) is 19.9 Å². The fraction of sp³-hybridized carbons (Fsp3) is 0.714. The third-order valence-electron chi connectivity index (χ3n) is 5.60. The SMILES string of the molecule is CCCCOP(=O)(OCCCC)n1nc(CN2CCOC[C@@H]2C2C=CC(F)=CC2)[nH]c1=O. The lowest BCUT2D eigenvalue weighted by Gasteiger charge is -2.39. The molecule has 0 bridgehead atoms. The Kier molecular flexibility index (Phi) is 9.43. The quantitative estimate of drug-likeness (QED) is 0.365. The van der Waals surface area contributed by atoms with Gasteiger partial charge in [-0.15, -0.1) is 9.55 Å². The van der Waals surface area contributed by atoms with Gasteiger partial charge in [-0.3, -0.25) is 18.9 Å². The average Bonchev–Trinajstić information content (AvgIpc) is 3.16. The van der Waals surface area contributed by atoms with E-state index >= 15 is 0 Å². The number of aromatic amines is 1. The summed E-state index contributed by atoms with van der Waals surface area (Å²) in [6, 6.07) is 0.0198. The molecule has 1 fully saturated rings. The van der Waals surface area contributed by atoms with E-state index in [0.29, 0.717) is 51.4 Å².